The number of hydrogen-bond acceptors (Lipinski definition) is 10. The van der Waals surface area contributed by atoms with E-state index >= 15 is 0 Å². The van der Waals surface area contributed by atoms with Crippen LogP contribution in [-0.4, -0.2) is 107 Å². The van der Waals surface area contributed by atoms with Crippen LogP contribution in [0.1, 0.15) is 41.3 Å². The van der Waals surface area contributed by atoms with Gasteiger partial charge in [-0.2, -0.15) is 0 Å². The number of hydrogen-bond donors (Lipinski definition) is 5. The van der Waals surface area contributed by atoms with E-state index in [2.05, 4.69) is 0 Å². The molecule has 0 bridgehead atoms. The predicted molar refractivity (Wildman–Crippen MR) is 146 cm³/mol. The number of aromatic hydroxyl groups is 1. The fourth-order valence-electron chi connectivity index (χ4n) is 6.50. The summed E-state index contributed by atoms with van der Waals surface area (Å²) in [6.07, 6.45) is 0.800. The smallest absolute Gasteiger partial charge is 0.257 e. The number of phenols is 1. The summed E-state index contributed by atoms with van der Waals surface area (Å²) in [5.41, 5.74) is 2.35. The Hall–Kier alpha value is -3.90. The van der Waals surface area contributed by atoms with E-state index in [1.165, 1.54) is 9.80 Å². The number of aliphatic hydroxyl groups is 3. The highest BCUT2D eigenvalue weighted by Gasteiger charge is 2.64. The molecule has 4 atom stereocenters. The van der Waals surface area contributed by atoms with Gasteiger partial charge in [0.15, 0.2) is 11.4 Å². The zero-order chi connectivity index (χ0) is 30.0. The van der Waals surface area contributed by atoms with Crippen LogP contribution < -0.4 is 10.6 Å². The maximum Gasteiger partial charge on any atom is 0.257 e. The molecule has 0 aliphatic heterocycles. The van der Waals surface area contributed by atoms with Gasteiger partial charge in [-0.15, -0.1) is 0 Å². The average molecular weight is 557 g/mol. The first-order valence-corrected chi connectivity index (χ1v) is 13.1. The van der Waals surface area contributed by atoms with E-state index in [-0.39, 0.29) is 29.5 Å². The van der Waals surface area contributed by atoms with Gasteiger partial charge < -0.3 is 36.0 Å². The Morgan fingerprint density at radius 3 is 2.25 bits per heavy atom. The van der Waals surface area contributed by atoms with E-state index in [0.29, 0.717) is 24.2 Å². The highest BCUT2D eigenvalue weighted by Crippen LogP contribution is 2.54. The van der Waals surface area contributed by atoms with Crippen molar-refractivity contribution < 1.29 is 39.6 Å². The van der Waals surface area contributed by atoms with E-state index in [1.807, 2.05) is 6.92 Å². The molecule has 12 nitrogen and oxygen atoms in total. The quantitative estimate of drug-likeness (QED) is 0.309. The molecule has 1 fully saturated rings. The largest absolute Gasteiger partial charge is 0.508 e. The number of carbonyl (C=O) groups is 4. The van der Waals surface area contributed by atoms with E-state index in [0.717, 1.165) is 0 Å². The molecular formula is C28H36N4O8. The van der Waals surface area contributed by atoms with Crippen molar-refractivity contribution in [1.82, 2.24) is 9.80 Å². The summed E-state index contributed by atoms with van der Waals surface area (Å²) in [4.78, 5) is 57.2. The van der Waals surface area contributed by atoms with Crippen LogP contribution in [0.2, 0.25) is 0 Å². The molecule has 0 heterocycles. The molecule has 1 aromatic rings. The zero-order valence-electron chi connectivity index (χ0n) is 23.5. The molecule has 3 aliphatic rings. The number of carbonyl (C=O) groups excluding carboxylic acids is 4. The SMILES string of the molecule is CCCN(C)C(=O)c1cc(N(C)C)c2c(c1O)C(O)=C1C(=O)[C@]3(O)C(O)=C(C(N)=O)C(=O)[C@@H](N(C)C)[C@@H]3C[C@@H]1C2. The van der Waals surface area contributed by atoms with Gasteiger partial charge in [0.25, 0.3) is 11.8 Å². The number of benzene rings is 1. The van der Waals surface area contributed by atoms with Gasteiger partial charge in [0.05, 0.1) is 17.2 Å². The first kappa shape index (κ1) is 29.1. The van der Waals surface area contributed by atoms with Gasteiger partial charge in [-0.3, -0.25) is 24.1 Å². The van der Waals surface area contributed by atoms with Crippen molar-refractivity contribution in [3.05, 3.63) is 39.7 Å². The van der Waals surface area contributed by atoms with Crippen LogP contribution in [0.3, 0.4) is 0 Å². The lowest BCUT2D eigenvalue weighted by atomic mass is 9.57. The third-order valence-electron chi connectivity index (χ3n) is 8.32. The lowest BCUT2D eigenvalue weighted by molar-refractivity contribution is -0.153. The number of rotatable bonds is 6. The van der Waals surface area contributed by atoms with Gasteiger partial charge in [-0.05, 0) is 50.9 Å². The van der Waals surface area contributed by atoms with E-state index < -0.39 is 69.7 Å². The summed E-state index contributed by atoms with van der Waals surface area (Å²) in [7, 11) is 8.17. The molecule has 0 saturated heterocycles. The second kappa shape index (κ2) is 9.93. The number of nitrogens with zero attached hydrogens (tertiary/aromatic N) is 3. The van der Waals surface area contributed by atoms with Crippen molar-refractivity contribution in [2.24, 2.45) is 17.6 Å². The summed E-state index contributed by atoms with van der Waals surface area (Å²) in [5.74, 6) is -7.84. The van der Waals surface area contributed by atoms with Crippen molar-refractivity contribution in [3.63, 3.8) is 0 Å². The molecular weight excluding hydrogens is 520 g/mol. The Morgan fingerprint density at radius 1 is 1.10 bits per heavy atom. The number of likely N-dealkylation sites (N-methyl/N-ethyl adjacent to an activating group) is 1. The number of primary amides is 1. The zero-order valence-corrected chi connectivity index (χ0v) is 23.5. The van der Waals surface area contributed by atoms with Crippen LogP contribution in [0, 0.1) is 11.8 Å². The Labute approximate surface area is 232 Å². The number of Topliss-reactive ketones (excluding diaryl/α,β-unsaturated/α-hetero) is 2. The summed E-state index contributed by atoms with van der Waals surface area (Å²) in [5, 5.41) is 45.5. The van der Waals surface area contributed by atoms with Gasteiger partial charge in [-0.1, -0.05) is 6.92 Å². The van der Waals surface area contributed by atoms with Gasteiger partial charge in [0.1, 0.15) is 22.8 Å². The third kappa shape index (κ3) is 3.96. The lowest BCUT2D eigenvalue weighted by Gasteiger charge is -2.50. The van der Waals surface area contributed by atoms with Crippen molar-refractivity contribution in [3.8, 4) is 5.75 Å². The van der Waals surface area contributed by atoms with Crippen LogP contribution in [0.4, 0.5) is 5.69 Å². The third-order valence-corrected chi connectivity index (χ3v) is 8.32. The van der Waals surface area contributed by atoms with Gasteiger partial charge >= 0.3 is 0 Å². The van der Waals surface area contributed by atoms with Crippen LogP contribution in [0.25, 0.3) is 5.76 Å². The summed E-state index contributed by atoms with van der Waals surface area (Å²) >= 11 is 0. The Bertz CT molecular complexity index is 1390. The summed E-state index contributed by atoms with van der Waals surface area (Å²) < 4.78 is 0. The van der Waals surface area contributed by atoms with Crippen LogP contribution in [0.15, 0.2) is 23.0 Å². The number of ketones is 2. The predicted octanol–water partition coefficient (Wildman–Crippen LogP) is 0.512. The minimum Gasteiger partial charge on any atom is -0.508 e. The van der Waals surface area contributed by atoms with Crippen molar-refractivity contribution in [2.75, 3.05) is 46.7 Å². The standard InChI is InChI=1S/C28H36N4O8/c1-7-8-32(6)27(39)14-11-16(30(2)3)13-9-12-10-15-20(31(4)5)23(35)19(26(29)38)25(37)28(15,40)24(36)17(12)22(34)18(13)21(14)33/h11-12,15,20,33-34,37,40H,7-10H2,1-6H3,(H2,29,38)/t12-,15-,20-,28-/m0/s1. The minimum absolute atomic E-state index is 0.0146. The molecule has 216 valence electrons. The molecule has 12 heteroatoms. The first-order chi connectivity index (χ1) is 18.6. The van der Waals surface area contributed by atoms with Crippen molar-refractivity contribution in [1.29, 1.82) is 0 Å². The fourth-order valence-corrected chi connectivity index (χ4v) is 6.50. The number of phenolic OH excluding ortho intramolecular Hbond substituents is 1. The second-order valence-electron chi connectivity index (χ2n) is 11.2. The number of aliphatic hydroxyl groups excluding tert-OH is 2. The topological polar surface area (TPSA) is 185 Å². The molecule has 1 saturated carbocycles. The van der Waals surface area contributed by atoms with E-state index in [4.69, 9.17) is 5.73 Å². The molecule has 0 spiro atoms. The van der Waals surface area contributed by atoms with Crippen LogP contribution in [-0.2, 0) is 20.8 Å². The van der Waals surface area contributed by atoms with Crippen LogP contribution in [0.5, 0.6) is 5.75 Å². The molecule has 0 aromatic heterocycles. The first-order valence-electron chi connectivity index (χ1n) is 13.1. The monoisotopic (exact) mass is 556 g/mol. The Morgan fingerprint density at radius 2 is 1.73 bits per heavy atom. The molecule has 2 amide bonds. The Balaban J connectivity index is 1.99. The molecule has 6 N–H and O–H groups in total. The van der Waals surface area contributed by atoms with Crippen molar-refractivity contribution in [2.45, 2.75) is 37.8 Å². The molecule has 40 heavy (non-hydrogen) atoms. The summed E-state index contributed by atoms with van der Waals surface area (Å²) in [6.45, 7) is 2.33. The molecule has 0 unspecified atom stereocenters. The maximum atomic E-state index is 14.0. The van der Waals surface area contributed by atoms with Gasteiger partial charge in [-0.25, -0.2) is 0 Å². The maximum absolute atomic E-state index is 14.0. The highest BCUT2D eigenvalue weighted by molar-refractivity contribution is 6.24. The van der Waals surface area contributed by atoms with Gasteiger partial charge in [0, 0.05) is 44.9 Å². The molecule has 0 radical (unpaired) electrons. The fraction of sp³-hybridized carbons (Fsp3) is 0.500. The molecule has 1 aromatic carbocycles. The van der Waals surface area contributed by atoms with Crippen LogP contribution >= 0.6 is 0 Å². The van der Waals surface area contributed by atoms with E-state index in [9.17, 15) is 39.6 Å². The normalized spacial score (nSPS) is 25.9. The number of amides is 2. The van der Waals surface area contributed by atoms with Gasteiger partial charge in [0.2, 0.25) is 5.78 Å². The van der Waals surface area contributed by atoms with E-state index in [1.54, 1.807) is 46.2 Å². The number of anilines is 1. The minimum atomic E-state index is -2.72. The number of nitrogens with two attached hydrogens (primary N) is 1. The number of fused-ring (bicyclic) bond motifs is 3. The highest BCUT2D eigenvalue weighted by atomic mass is 16.3. The average Bonchev–Trinajstić information content (AvgIpc) is 2.85. The lowest BCUT2D eigenvalue weighted by Crippen LogP contribution is -2.65. The van der Waals surface area contributed by atoms with Crippen molar-refractivity contribution >= 4 is 34.8 Å². The summed E-state index contributed by atoms with van der Waals surface area (Å²) in [6, 6.07) is 0.385. The second-order valence-corrected chi connectivity index (χ2v) is 11.2. The molecule has 3 aliphatic carbocycles. The Kier molecular flexibility index (Phi) is 7.22. The molecule has 4 rings (SSSR count).